The summed E-state index contributed by atoms with van der Waals surface area (Å²) in [5.74, 6) is -1.68. The molecule has 13 nitrogen and oxygen atoms in total. The van der Waals surface area contributed by atoms with E-state index in [2.05, 4.69) is 39.2 Å². The number of rotatable bonds is 10. The number of hydrogen-bond acceptors (Lipinski definition) is 11. The maximum Gasteiger partial charge on any atom is 0.407 e. The largest absolute Gasteiger partial charge is 0.456 e. The van der Waals surface area contributed by atoms with E-state index in [1.165, 1.54) is 0 Å². The number of pyridine rings is 2. The van der Waals surface area contributed by atoms with Gasteiger partial charge in [0.15, 0.2) is 6.23 Å². The van der Waals surface area contributed by atoms with E-state index in [0.29, 0.717) is 33.9 Å². The van der Waals surface area contributed by atoms with Crippen LogP contribution in [-0.2, 0) is 40.7 Å². The SMILES string of the molecule is CCC1(OC(=O)CCCNC(=O)OC(C)(C)C)C(=O)OC(N)c2c1cc1n(c2=O)Cc2c-1nc1ccc(C(=O)OC(C)(C)C)cc1c2[Si](C)(C)C(C)C(C)C. The summed E-state index contributed by atoms with van der Waals surface area (Å²) in [5, 5.41) is 4.53. The van der Waals surface area contributed by atoms with E-state index in [4.69, 9.17) is 29.7 Å². The second kappa shape index (κ2) is 14.8. The number of esters is 3. The Morgan fingerprint density at radius 2 is 1.71 bits per heavy atom. The van der Waals surface area contributed by atoms with Gasteiger partial charge in [0, 0.05) is 23.9 Å². The average molecular weight is 777 g/mol. The second-order valence-corrected chi connectivity index (χ2v) is 22.4. The molecule has 0 radical (unpaired) electrons. The summed E-state index contributed by atoms with van der Waals surface area (Å²) in [7, 11) is -2.39. The van der Waals surface area contributed by atoms with E-state index in [1.807, 2.05) is 32.9 Å². The van der Waals surface area contributed by atoms with Crippen molar-refractivity contribution in [3.05, 3.63) is 56.9 Å². The van der Waals surface area contributed by atoms with Crippen LogP contribution < -0.4 is 21.8 Å². The highest BCUT2D eigenvalue weighted by molar-refractivity contribution is 6.93. The molecule has 298 valence electrons. The molecule has 0 saturated heterocycles. The van der Waals surface area contributed by atoms with Gasteiger partial charge in [0.1, 0.15) is 11.2 Å². The minimum Gasteiger partial charge on any atom is -0.456 e. The quantitative estimate of drug-likeness (QED) is 0.0798. The molecule has 3 N–H and O–H groups in total. The van der Waals surface area contributed by atoms with Crippen LogP contribution in [0.15, 0.2) is 29.1 Å². The number of aromatic nitrogens is 2. The summed E-state index contributed by atoms with van der Waals surface area (Å²) in [4.78, 5) is 72.1. The summed E-state index contributed by atoms with van der Waals surface area (Å²) in [6, 6.07) is 7.07. The number of nitrogens with one attached hydrogen (secondary N) is 1. The normalized spacial score (nSPS) is 18.6. The van der Waals surface area contributed by atoms with Crippen molar-refractivity contribution in [1.29, 1.82) is 0 Å². The standard InChI is InChI=1S/C41H56N4O9Si/c1-13-41(52-30(46)15-14-18-43-38(50)54-40(8,9)10)27-20-29-32-26(21-45(29)35(47)31(27)34(42)51-37(41)49)33(55(11,12)23(4)22(2)3)25-19-24(16-17-28(25)44-32)36(48)53-39(5,6)7/h16-17,19-20,22-23,34H,13-15,18,21,42H2,1-12H3,(H,43,50). The zero-order chi connectivity index (χ0) is 41.0. The molecule has 14 heteroatoms. The van der Waals surface area contributed by atoms with Crippen molar-refractivity contribution in [3.8, 4) is 11.4 Å². The number of benzene rings is 1. The highest BCUT2D eigenvalue weighted by Crippen LogP contribution is 2.44. The van der Waals surface area contributed by atoms with Gasteiger partial charge in [0.25, 0.3) is 5.56 Å². The first-order valence-corrected chi connectivity index (χ1v) is 22.1. The molecule has 5 rings (SSSR count). The van der Waals surface area contributed by atoms with Gasteiger partial charge in [-0.1, -0.05) is 40.8 Å². The molecule has 0 bridgehead atoms. The highest BCUT2D eigenvalue weighted by atomic mass is 28.3. The summed E-state index contributed by atoms with van der Waals surface area (Å²) in [6.45, 7) is 24.0. The number of ether oxygens (including phenoxy) is 4. The van der Waals surface area contributed by atoms with Gasteiger partial charge < -0.3 is 28.8 Å². The van der Waals surface area contributed by atoms with Gasteiger partial charge in [-0.3, -0.25) is 15.3 Å². The summed E-state index contributed by atoms with van der Waals surface area (Å²) < 4.78 is 24.1. The van der Waals surface area contributed by atoms with Crippen molar-refractivity contribution in [1.82, 2.24) is 14.9 Å². The summed E-state index contributed by atoms with van der Waals surface area (Å²) >= 11 is 0. The minimum atomic E-state index is -2.39. The fourth-order valence-corrected chi connectivity index (χ4v) is 11.6. The van der Waals surface area contributed by atoms with Crippen molar-refractivity contribution in [2.75, 3.05) is 6.54 Å². The molecule has 0 saturated carbocycles. The van der Waals surface area contributed by atoms with Gasteiger partial charge in [-0.25, -0.2) is 19.4 Å². The number of cyclic esters (lactones) is 1. The molecule has 4 heterocycles. The van der Waals surface area contributed by atoms with Crippen LogP contribution in [0.5, 0.6) is 0 Å². The molecule has 0 fully saturated rings. The number of alkyl carbamates (subject to hydrolysis) is 1. The Bertz CT molecular complexity index is 2110. The Morgan fingerprint density at radius 3 is 2.31 bits per heavy atom. The van der Waals surface area contributed by atoms with Crippen LogP contribution in [0.1, 0.15) is 122 Å². The van der Waals surface area contributed by atoms with Gasteiger partial charge in [0.2, 0.25) is 5.60 Å². The maximum absolute atomic E-state index is 14.5. The van der Waals surface area contributed by atoms with Crippen LogP contribution in [0.2, 0.25) is 18.6 Å². The summed E-state index contributed by atoms with van der Waals surface area (Å²) in [6.07, 6.45) is -1.95. The van der Waals surface area contributed by atoms with Crippen LogP contribution >= 0.6 is 0 Å². The molecule has 3 atom stereocenters. The number of nitrogens with zero attached hydrogens (tertiary/aromatic N) is 2. The molecule has 3 aromatic rings. The average Bonchev–Trinajstić information content (AvgIpc) is 3.43. The lowest BCUT2D eigenvalue weighted by Crippen LogP contribution is -2.50. The Balaban J connectivity index is 1.62. The van der Waals surface area contributed by atoms with Crippen molar-refractivity contribution in [3.63, 3.8) is 0 Å². The lowest BCUT2D eigenvalue weighted by atomic mass is 9.84. The van der Waals surface area contributed by atoms with Gasteiger partial charge in [-0.15, -0.1) is 0 Å². The van der Waals surface area contributed by atoms with Crippen LogP contribution in [0, 0.1) is 5.92 Å². The third-order valence-corrected chi connectivity index (χ3v) is 15.5. The Morgan fingerprint density at radius 1 is 1.05 bits per heavy atom. The number of amides is 1. The highest BCUT2D eigenvalue weighted by Gasteiger charge is 2.53. The summed E-state index contributed by atoms with van der Waals surface area (Å²) in [5.41, 5.74) is 6.07. The number of carbonyl (C=O) groups is 4. The minimum absolute atomic E-state index is 0.0289. The van der Waals surface area contributed by atoms with Gasteiger partial charge in [-0.2, -0.15) is 0 Å². The van der Waals surface area contributed by atoms with Gasteiger partial charge >= 0.3 is 24.0 Å². The van der Waals surface area contributed by atoms with E-state index in [9.17, 15) is 24.0 Å². The first kappa shape index (κ1) is 41.6. The maximum atomic E-state index is 14.5. The predicted octanol–water partition coefficient (Wildman–Crippen LogP) is 6.31. The molecule has 3 unspecified atom stereocenters. The molecule has 2 aliphatic heterocycles. The lowest BCUT2D eigenvalue weighted by molar-refractivity contribution is -0.193. The molecule has 1 aromatic carbocycles. The topological polar surface area (TPSA) is 178 Å². The van der Waals surface area contributed by atoms with Crippen molar-refractivity contribution in [2.24, 2.45) is 11.7 Å². The first-order valence-electron chi connectivity index (χ1n) is 19.1. The Hall–Kier alpha value is -4.56. The van der Waals surface area contributed by atoms with Crippen LogP contribution in [0.25, 0.3) is 22.3 Å². The number of hydrogen-bond donors (Lipinski definition) is 2. The zero-order valence-corrected chi connectivity index (χ0v) is 35.2. The third-order valence-electron chi connectivity index (χ3n) is 10.7. The predicted molar refractivity (Wildman–Crippen MR) is 212 cm³/mol. The molecule has 2 aromatic heterocycles. The van der Waals surface area contributed by atoms with E-state index in [-0.39, 0.29) is 43.5 Å². The second-order valence-electron chi connectivity index (χ2n) is 17.6. The van der Waals surface area contributed by atoms with Crippen molar-refractivity contribution < 1.29 is 38.1 Å². The molecule has 2 aliphatic rings. The smallest absolute Gasteiger partial charge is 0.407 e. The molecule has 1 amide bonds. The lowest BCUT2D eigenvalue weighted by Gasteiger charge is -2.37. The number of fused-ring (bicyclic) bond motifs is 5. The molecular formula is C41H56N4O9Si. The first-order chi connectivity index (χ1) is 25.4. The van der Waals surface area contributed by atoms with Crippen molar-refractivity contribution >= 4 is 48.2 Å². The van der Waals surface area contributed by atoms with Gasteiger partial charge in [0.05, 0.1) is 42.7 Å². The van der Waals surface area contributed by atoms with Gasteiger partial charge in [-0.05, 0) is 101 Å². The van der Waals surface area contributed by atoms with Crippen molar-refractivity contribution in [2.45, 2.75) is 137 Å². The molecule has 0 aliphatic carbocycles. The number of carbonyl (C=O) groups excluding carboxylic acids is 4. The Labute approximate surface area is 323 Å². The fraction of sp³-hybridized carbons (Fsp3) is 0.561. The van der Waals surface area contributed by atoms with Crippen LogP contribution in [0.3, 0.4) is 0 Å². The van der Waals surface area contributed by atoms with E-state index < -0.39 is 60.7 Å². The van der Waals surface area contributed by atoms with Crippen LogP contribution in [-0.4, -0.2) is 59.4 Å². The third kappa shape index (κ3) is 8.07. The fourth-order valence-electron chi connectivity index (χ4n) is 7.58. The number of nitrogens with two attached hydrogens (primary N) is 1. The molecule has 0 spiro atoms. The molecule has 55 heavy (non-hydrogen) atoms. The monoisotopic (exact) mass is 776 g/mol. The zero-order valence-electron chi connectivity index (χ0n) is 34.2. The Kier molecular flexibility index (Phi) is 11.2. The van der Waals surface area contributed by atoms with Crippen LogP contribution in [0.4, 0.5) is 4.79 Å². The molecular weight excluding hydrogens is 721 g/mol. The van der Waals surface area contributed by atoms with E-state index in [0.717, 1.165) is 16.1 Å². The van der Waals surface area contributed by atoms with E-state index in [1.54, 1.807) is 44.4 Å². The van der Waals surface area contributed by atoms with E-state index >= 15 is 0 Å².